The van der Waals surface area contributed by atoms with Crippen molar-refractivity contribution in [2.24, 2.45) is 4.99 Å². The number of benzene rings is 1. The lowest BCUT2D eigenvalue weighted by Gasteiger charge is -2.17. The van der Waals surface area contributed by atoms with E-state index in [2.05, 4.69) is 20.3 Å². The Bertz CT molecular complexity index is 1150. The first-order valence-electron chi connectivity index (χ1n) is 10.1. The quantitative estimate of drug-likeness (QED) is 0.222. The molecule has 1 aliphatic rings. The van der Waals surface area contributed by atoms with Gasteiger partial charge in [-0.15, -0.1) is 0 Å². The summed E-state index contributed by atoms with van der Waals surface area (Å²) in [6.45, 7) is 2.07. The Morgan fingerprint density at radius 2 is 1.88 bits per heavy atom. The zero-order valence-corrected chi connectivity index (χ0v) is 18.2. The number of ether oxygens (including phenoxy) is 1. The first kappa shape index (κ1) is 23.0. The number of hydrogen-bond acceptors (Lipinski definition) is 5. The third-order valence-corrected chi connectivity index (χ3v) is 5.50. The number of hydrogen-bond donors (Lipinski definition) is 1. The van der Waals surface area contributed by atoms with Gasteiger partial charge >= 0.3 is 6.18 Å². The van der Waals surface area contributed by atoms with Crippen LogP contribution in [-0.4, -0.2) is 21.3 Å². The van der Waals surface area contributed by atoms with Crippen LogP contribution in [-0.2, 0) is 19.2 Å². The fourth-order valence-corrected chi connectivity index (χ4v) is 3.76. The molecule has 2 aromatic heterocycles. The molecule has 1 aromatic carbocycles. The lowest BCUT2D eigenvalue weighted by molar-refractivity contribution is -0.141. The van der Waals surface area contributed by atoms with E-state index in [1.807, 2.05) is 19.1 Å². The van der Waals surface area contributed by atoms with E-state index >= 15 is 0 Å². The highest BCUT2D eigenvalue weighted by Crippen LogP contribution is 2.34. The zero-order valence-electron chi connectivity index (χ0n) is 17.4. The maximum absolute atomic E-state index is 13.1. The summed E-state index contributed by atoms with van der Waals surface area (Å²) >= 11 is 6.50. The van der Waals surface area contributed by atoms with E-state index < -0.39 is 23.3 Å². The molecule has 1 N–H and O–H groups in total. The van der Waals surface area contributed by atoms with Crippen molar-refractivity contribution in [1.82, 2.24) is 15.3 Å². The molecule has 0 radical (unpaired) electrons. The van der Waals surface area contributed by atoms with Crippen molar-refractivity contribution in [1.29, 1.82) is 0 Å². The number of halogens is 5. The lowest BCUT2D eigenvalue weighted by atomic mass is 9.98. The molecular weight excluding hydrogens is 460 g/mol. The van der Waals surface area contributed by atoms with Crippen molar-refractivity contribution in [3.63, 3.8) is 0 Å². The van der Waals surface area contributed by atoms with Gasteiger partial charge in [0.2, 0.25) is 5.95 Å². The number of rotatable bonds is 6. The number of nitrogens with one attached hydrogen (secondary N) is 1. The summed E-state index contributed by atoms with van der Waals surface area (Å²) in [5.41, 5.74) is 1.60. The van der Waals surface area contributed by atoms with Crippen LogP contribution in [0.2, 0.25) is 0 Å². The van der Waals surface area contributed by atoms with Crippen molar-refractivity contribution in [3.8, 4) is 5.75 Å². The Kier molecular flexibility index (Phi) is 6.51. The summed E-state index contributed by atoms with van der Waals surface area (Å²) < 4.78 is 56.8. The average molecular weight is 479 g/mol. The number of aryl methyl sites for hydroxylation is 1. The highest BCUT2D eigenvalue weighted by Gasteiger charge is 2.32. The summed E-state index contributed by atoms with van der Waals surface area (Å²) in [5, 5.41) is 3.10. The van der Waals surface area contributed by atoms with E-state index in [4.69, 9.17) is 16.3 Å². The first-order valence-corrected chi connectivity index (χ1v) is 10.6. The number of nitrogens with zero attached hydrogens (tertiary/aromatic N) is 3. The molecule has 0 aliphatic carbocycles. The highest BCUT2D eigenvalue weighted by atomic mass is 35.5. The Balaban J connectivity index is 1.49. The lowest BCUT2D eigenvalue weighted by Crippen LogP contribution is -2.27. The van der Waals surface area contributed by atoms with Gasteiger partial charge in [-0.25, -0.2) is 4.98 Å². The second-order valence-corrected chi connectivity index (χ2v) is 7.86. The van der Waals surface area contributed by atoms with Crippen LogP contribution in [0.5, 0.6) is 5.75 Å². The van der Waals surface area contributed by atoms with Crippen molar-refractivity contribution < 1.29 is 22.3 Å². The van der Waals surface area contributed by atoms with Crippen LogP contribution in [0.3, 0.4) is 0 Å². The van der Waals surface area contributed by atoms with Crippen molar-refractivity contribution >= 4 is 17.4 Å². The number of aliphatic imine (C=N–C) groups is 1. The van der Waals surface area contributed by atoms with Crippen LogP contribution in [0.15, 0.2) is 59.9 Å². The van der Waals surface area contributed by atoms with E-state index in [1.54, 1.807) is 12.1 Å². The van der Waals surface area contributed by atoms with E-state index in [-0.39, 0.29) is 12.6 Å². The van der Waals surface area contributed by atoms with Crippen LogP contribution in [0, 0.1) is 5.95 Å². The number of pyridine rings is 2. The summed E-state index contributed by atoms with van der Waals surface area (Å²) in [5.74, 6) is 0.524. The largest absolute Gasteiger partial charge is 0.489 e. The van der Waals surface area contributed by atoms with Crippen LogP contribution < -0.4 is 10.1 Å². The van der Waals surface area contributed by atoms with Crippen LogP contribution in [0.4, 0.5) is 17.6 Å². The molecule has 0 saturated carbocycles. The minimum atomic E-state index is -4.48. The van der Waals surface area contributed by atoms with E-state index in [9.17, 15) is 17.6 Å². The highest BCUT2D eigenvalue weighted by molar-refractivity contribution is 6.23. The maximum atomic E-state index is 13.1. The van der Waals surface area contributed by atoms with Gasteiger partial charge in [-0.1, -0.05) is 30.7 Å². The van der Waals surface area contributed by atoms with E-state index in [0.717, 1.165) is 23.4 Å². The SMILES string of the molecule is CCc1cc(OCc2ccc(C(F)(F)F)nc2)ccc1C1N=C(c2ccc(F)nc2)NC1Cl. The predicted molar refractivity (Wildman–Crippen MR) is 116 cm³/mol. The first-order chi connectivity index (χ1) is 15.7. The molecule has 4 rings (SSSR count). The van der Waals surface area contributed by atoms with Crippen molar-refractivity contribution in [2.45, 2.75) is 37.7 Å². The van der Waals surface area contributed by atoms with Gasteiger partial charge in [0.15, 0.2) is 0 Å². The molecule has 0 spiro atoms. The summed E-state index contributed by atoms with van der Waals surface area (Å²) in [6.07, 6.45) is -1.24. The third kappa shape index (κ3) is 5.24. The monoisotopic (exact) mass is 478 g/mol. The minimum absolute atomic E-state index is 0.0800. The molecule has 2 atom stereocenters. The molecule has 0 fully saturated rings. The smallest absolute Gasteiger partial charge is 0.433 e. The zero-order chi connectivity index (χ0) is 23.6. The van der Waals surface area contributed by atoms with Gasteiger partial charge in [-0.3, -0.25) is 9.98 Å². The second-order valence-electron chi connectivity index (χ2n) is 7.39. The van der Waals surface area contributed by atoms with E-state index in [0.29, 0.717) is 29.1 Å². The third-order valence-electron chi connectivity index (χ3n) is 5.16. The Hall–Kier alpha value is -3.20. The fourth-order valence-electron chi connectivity index (χ4n) is 3.46. The van der Waals surface area contributed by atoms with Gasteiger partial charge < -0.3 is 10.1 Å². The molecule has 3 aromatic rings. The van der Waals surface area contributed by atoms with Gasteiger partial charge in [0.1, 0.15) is 35.4 Å². The Morgan fingerprint density at radius 3 is 2.52 bits per heavy atom. The average Bonchev–Trinajstić information content (AvgIpc) is 3.19. The normalized spacial score (nSPS) is 18.1. The molecule has 5 nitrogen and oxygen atoms in total. The second kappa shape index (κ2) is 9.35. The molecule has 172 valence electrons. The number of amidine groups is 1. The molecule has 0 saturated heterocycles. The number of alkyl halides is 4. The van der Waals surface area contributed by atoms with Crippen LogP contribution in [0.25, 0.3) is 0 Å². The minimum Gasteiger partial charge on any atom is -0.489 e. The standard InChI is InChI=1S/C23H19ClF4N4O/c1-2-14-9-16(33-12-13-3-7-18(29-10-13)23(26,27)28)5-6-17(14)20-21(24)32-22(31-20)15-4-8-19(25)30-11-15/h3-11,20-21H,2,12H2,1H3,(H,31,32). The molecule has 0 amide bonds. The summed E-state index contributed by atoms with van der Waals surface area (Å²) in [4.78, 5) is 11.8. The van der Waals surface area contributed by atoms with Crippen molar-refractivity contribution in [3.05, 3.63) is 88.8 Å². The van der Waals surface area contributed by atoms with Gasteiger partial charge in [-0.2, -0.15) is 17.6 Å². The van der Waals surface area contributed by atoms with Gasteiger partial charge in [-0.05, 0) is 47.9 Å². The summed E-state index contributed by atoms with van der Waals surface area (Å²) in [7, 11) is 0. The van der Waals surface area contributed by atoms with E-state index in [1.165, 1.54) is 18.3 Å². The number of aromatic nitrogens is 2. The van der Waals surface area contributed by atoms with Gasteiger partial charge in [0.25, 0.3) is 0 Å². The molecular formula is C23H19ClF4N4O. The Labute approximate surface area is 192 Å². The molecule has 1 aliphatic heterocycles. The molecule has 0 bridgehead atoms. The maximum Gasteiger partial charge on any atom is 0.433 e. The molecule has 33 heavy (non-hydrogen) atoms. The molecule has 2 unspecified atom stereocenters. The predicted octanol–water partition coefficient (Wildman–Crippen LogP) is 5.43. The van der Waals surface area contributed by atoms with Crippen LogP contribution in [0.1, 0.15) is 40.9 Å². The van der Waals surface area contributed by atoms with Gasteiger partial charge in [0, 0.05) is 23.5 Å². The topological polar surface area (TPSA) is 59.4 Å². The Morgan fingerprint density at radius 1 is 1.06 bits per heavy atom. The summed E-state index contributed by atoms with van der Waals surface area (Å²) in [6, 6.07) is 10.2. The molecule has 3 heterocycles. The van der Waals surface area contributed by atoms with Crippen molar-refractivity contribution in [2.75, 3.05) is 0 Å². The molecule has 10 heteroatoms. The van der Waals surface area contributed by atoms with Gasteiger partial charge in [0.05, 0.1) is 0 Å². The fraction of sp³-hybridized carbons (Fsp3) is 0.261. The van der Waals surface area contributed by atoms with Crippen LogP contribution >= 0.6 is 11.6 Å².